The molecule has 1 heterocycles. The molecule has 1 amide bonds. The third kappa shape index (κ3) is 15.4. The summed E-state index contributed by atoms with van der Waals surface area (Å²) in [6, 6.07) is 22.0. The Kier molecular flexibility index (Phi) is 15.6. The van der Waals surface area contributed by atoms with Crippen LogP contribution in [0.15, 0.2) is 103 Å². The number of likely N-dealkylation sites (tertiary alicyclic amines) is 1. The quantitative estimate of drug-likeness (QED) is 0.121. The van der Waals surface area contributed by atoms with Crippen LogP contribution in [0.1, 0.15) is 61.8 Å². The molecule has 1 saturated heterocycles. The molecule has 0 aromatic heterocycles. The maximum atomic E-state index is 12.6. The van der Waals surface area contributed by atoms with Crippen LogP contribution in [-0.2, 0) is 23.1 Å². The highest BCUT2D eigenvalue weighted by molar-refractivity contribution is 7.50. The molecule has 3 N–H and O–H groups in total. The van der Waals surface area contributed by atoms with Crippen LogP contribution in [0.25, 0.3) is 6.08 Å². The van der Waals surface area contributed by atoms with Gasteiger partial charge < -0.3 is 29.3 Å². The molecule has 0 spiro atoms. The van der Waals surface area contributed by atoms with E-state index in [2.05, 4.69) is 13.8 Å². The van der Waals surface area contributed by atoms with E-state index in [1.54, 1.807) is 30.3 Å². The molecule has 53 heavy (non-hydrogen) atoms. The highest BCUT2D eigenvalue weighted by Crippen LogP contribution is 2.40. The summed E-state index contributed by atoms with van der Waals surface area (Å²) in [5.74, 6) is 1.32. The van der Waals surface area contributed by atoms with Crippen molar-refractivity contribution in [3.63, 3.8) is 0 Å². The lowest BCUT2D eigenvalue weighted by Gasteiger charge is -2.25. The van der Waals surface area contributed by atoms with Crippen LogP contribution in [0.5, 0.6) is 23.0 Å². The zero-order valence-electron chi connectivity index (χ0n) is 28.9. The van der Waals surface area contributed by atoms with Crippen LogP contribution in [0.4, 0.5) is 31.1 Å². The summed E-state index contributed by atoms with van der Waals surface area (Å²) in [5.41, 5.74) is 0.922. The molecule has 0 bridgehead atoms. The van der Waals surface area contributed by atoms with Crippen molar-refractivity contribution < 1.29 is 60.1 Å². The Morgan fingerprint density at radius 1 is 0.717 bits per heavy atom. The Morgan fingerprint density at radius 3 is 1.58 bits per heavy atom. The number of ether oxygens (including phenoxy) is 2. The smallest absolute Gasteiger partial charge is 0.416 e. The summed E-state index contributed by atoms with van der Waals surface area (Å²) in [6.07, 6.45) is -4.13. The Hall–Kier alpha value is -4.78. The summed E-state index contributed by atoms with van der Waals surface area (Å²) < 4.78 is 97.1. The van der Waals surface area contributed by atoms with E-state index in [-0.39, 0.29) is 11.5 Å². The second kappa shape index (κ2) is 19.3. The molecule has 1 fully saturated rings. The van der Waals surface area contributed by atoms with E-state index in [1.807, 2.05) is 12.1 Å². The average Bonchev–Trinajstić information content (AvgIpc) is 3.08. The van der Waals surface area contributed by atoms with Gasteiger partial charge in [0.25, 0.3) is 0 Å². The molecular formula is C38H40F6NO7P. The van der Waals surface area contributed by atoms with Crippen LogP contribution in [0, 0.1) is 0 Å². The summed E-state index contributed by atoms with van der Waals surface area (Å²) >= 11 is 0. The number of carboxylic acid groups (broad SMARTS) is 1. The fraction of sp³-hybridized carbons (Fsp3) is 0.289. The van der Waals surface area contributed by atoms with Crippen LogP contribution in [0.2, 0.25) is 0 Å². The monoisotopic (exact) mass is 767 g/mol. The molecule has 0 saturated carbocycles. The van der Waals surface area contributed by atoms with E-state index < -0.39 is 43.3 Å². The standard InChI is InChI=1S/C20H18F3NO3.C14H12F3O4P.C4H10/c21-20(22,23)16-4-6-17(7-5-16)27-18-3-1-2-15(13-18)12-14-8-10-24(11-9-14)19(25)26;15-14(16,17)11-4-6-12(7-5-11)21-13-3-1-2-10(8-13)9-22(18,19)20;1-3-4-2/h1-7,12-13H,8-11H2,(H,25,26);1-8H,9H2,(H2,18,19,20);3-4H2,1-2H3. The molecular weight excluding hydrogens is 727 g/mol. The zero-order valence-corrected chi connectivity index (χ0v) is 29.8. The SMILES string of the molecule is CCCC.O=C(O)N1CCC(=Cc2cccc(Oc3ccc(C(F)(F)F)cc3)c2)CC1.O=P(O)(O)Cc1cccc(Oc2ccc(C(F)(F)F)cc2)c1. The predicted octanol–water partition coefficient (Wildman–Crippen LogP) is 11.6. The van der Waals surface area contributed by atoms with Crippen molar-refractivity contribution >= 4 is 19.8 Å². The van der Waals surface area contributed by atoms with Crippen molar-refractivity contribution in [1.82, 2.24) is 4.90 Å². The molecule has 0 radical (unpaired) electrons. The summed E-state index contributed by atoms with van der Waals surface area (Å²) in [5, 5.41) is 8.98. The van der Waals surface area contributed by atoms with Gasteiger partial charge in [-0.15, -0.1) is 0 Å². The first-order valence-electron chi connectivity index (χ1n) is 16.5. The lowest BCUT2D eigenvalue weighted by molar-refractivity contribution is -0.138. The maximum absolute atomic E-state index is 12.6. The molecule has 1 aliphatic heterocycles. The molecule has 4 aromatic rings. The highest BCUT2D eigenvalue weighted by atomic mass is 31.2. The van der Waals surface area contributed by atoms with E-state index in [0.29, 0.717) is 43.0 Å². The predicted molar refractivity (Wildman–Crippen MR) is 189 cm³/mol. The Labute approximate surface area is 303 Å². The van der Waals surface area contributed by atoms with Gasteiger partial charge in [0.05, 0.1) is 17.3 Å². The highest BCUT2D eigenvalue weighted by Gasteiger charge is 2.31. The lowest BCUT2D eigenvalue weighted by atomic mass is 10.0. The second-order valence-electron chi connectivity index (χ2n) is 11.9. The Bertz CT molecular complexity index is 1830. The first-order chi connectivity index (χ1) is 24.9. The second-order valence-corrected chi connectivity index (χ2v) is 13.5. The van der Waals surface area contributed by atoms with Gasteiger partial charge in [0, 0.05) is 13.1 Å². The van der Waals surface area contributed by atoms with Gasteiger partial charge in [-0.05, 0) is 96.8 Å². The van der Waals surface area contributed by atoms with Crippen molar-refractivity contribution in [1.29, 1.82) is 0 Å². The van der Waals surface area contributed by atoms with Crippen LogP contribution >= 0.6 is 7.60 Å². The van der Waals surface area contributed by atoms with Crippen LogP contribution in [0.3, 0.4) is 0 Å². The summed E-state index contributed by atoms with van der Waals surface area (Å²) in [7, 11) is -4.20. The third-order valence-corrected chi connectivity index (χ3v) is 8.30. The number of piperidine rings is 1. The minimum absolute atomic E-state index is 0.196. The first kappa shape index (κ1) is 42.6. The molecule has 0 unspecified atom stereocenters. The molecule has 5 rings (SSSR count). The number of carbonyl (C=O) groups is 1. The van der Waals surface area contributed by atoms with Gasteiger partial charge in [-0.3, -0.25) is 4.57 Å². The van der Waals surface area contributed by atoms with Crippen LogP contribution in [-0.4, -0.2) is 39.0 Å². The van der Waals surface area contributed by atoms with Gasteiger partial charge >= 0.3 is 26.0 Å². The van der Waals surface area contributed by atoms with E-state index >= 15 is 0 Å². The third-order valence-electron chi connectivity index (χ3n) is 7.53. The topological polar surface area (TPSA) is 117 Å². The van der Waals surface area contributed by atoms with Crippen molar-refractivity contribution in [3.8, 4) is 23.0 Å². The van der Waals surface area contributed by atoms with Gasteiger partial charge in [-0.25, -0.2) is 4.79 Å². The minimum atomic E-state index is -4.41. The fourth-order valence-electron chi connectivity index (χ4n) is 4.67. The number of amides is 1. The summed E-state index contributed by atoms with van der Waals surface area (Å²) in [4.78, 5) is 30.2. The zero-order chi connectivity index (χ0) is 39.2. The molecule has 0 aliphatic carbocycles. The Morgan fingerprint density at radius 2 is 1.17 bits per heavy atom. The molecule has 8 nitrogen and oxygen atoms in total. The van der Waals surface area contributed by atoms with Crippen molar-refractivity contribution in [2.75, 3.05) is 13.1 Å². The number of halogens is 6. The van der Waals surface area contributed by atoms with Gasteiger partial charge in [0.2, 0.25) is 0 Å². The minimum Gasteiger partial charge on any atom is -0.465 e. The molecule has 0 atom stereocenters. The number of benzene rings is 4. The summed E-state index contributed by atoms with van der Waals surface area (Å²) in [6.45, 7) is 5.31. The van der Waals surface area contributed by atoms with Crippen molar-refractivity contribution in [3.05, 3.63) is 125 Å². The van der Waals surface area contributed by atoms with E-state index in [0.717, 1.165) is 35.4 Å². The fourth-order valence-corrected chi connectivity index (χ4v) is 5.35. The van der Waals surface area contributed by atoms with Gasteiger partial charge in [0.1, 0.15) is 23.0 Å². The molecule has 4 aromatic carbocycles. The average molecular weight is 768 g/mol. The van der Waals surface area contributed by atoms with Crippen LogP contribution < -0.4 is 9.47 Å². The molecule has 15 heteroatoms. The van der Waals surface area contributed by atoms with Gasteiger partial charge in [-0.1, -0.05) is 62.6 Å². The number of unbranched alkanes of at least 4 members (excludes halogenated alkanes) is 1. The number of hydrogen-bond acceptors (Lipinski definition) is 4. The Balaban J connectivity index is 0.000000264. The van der Waals surface area contributed by atoms with Gasteiger partial charge in [-0.2, -0.15) is 26.3 Å². The maximum Gasteiger partial charge on any atom is 0.416 e. The normalized spacial score (nSPS) is 13.2. The van der Waals surface area contributed by atoms with Gasteiger partial charge in [0.15, 0.2) is 0 Å². The van der Waals surface area contributed by atoms with Crippen molar-refractivity contribution in [2.24, 2.45) is 0 Å². The molecule has 286 valence electrons. The molecule has 1 aliphatic rings. The number of rotatable bonds is 8. The lowest BCUT2D eigenvalue weighted by Crippen LogP contribution is -2.35. The number of nitrogens with zero attached hydrogens (tertiary/aromatic N) is 1. The van der Waals surface area contributed by atoms with E-state index in [4.69, 9.17) is 24.4 Å². The largest absolute Gasteiger partial charge is 0.465 e. The number of alkyl halides is 6. The van der Waals surface area contributed by atoms with Crippen molar-refractivity contribution in [2.45, 2.75) is 58.0 Å². The van der Waals surface area contributed by atoms with E-state index in [1.165, 1.54) is 54.1 Å². The first-order valence-corrected chi connectivity index (χ1v) is 18.3. The van der Waals surface area contributed by atoms with E-state index in [9.17, 15) is 35.7 Å². The number of hydrogen-bond donors (Lipinski definition) is 3.